The van der Waals surface area contributed by atoms with E-state index in [0.717, 1.165) is 49.8 Å². The first-order chi connectivity index (χ1) is 14.7. The van der Waals surface area contributed by atoms with E-state index in [9.17, 15) is 4.79 Å². The van der Waals surface area contributed by atoms with Gasteiger partial charge in [-0.25, -0.2) is 4.98 Å². The zero-order valence-corrected chi connectivity index (χ0v) is 18.4. The van der Waals surface area contributed by atoms with E-state index in [0.29, 0.717) is 17.9 Å². The van der Waals surface area contributed by atoms with Crippen LogP contribution in [0.2, 0.25) is 0 Å². The number of amides is 1. The molecule has 0 aliphatic carbocycles. The van der Waals surface area contributed by atoms with Crippen LogP contribution in [0.25, 0.3) is 10.2 Å². The summed E-state index contributed by atoms with van der Waals surface area (Å²) in [6.45, 7) is 7.55. The van der Waals surface area contributed by atoms with Gasteiger partial charge in [0.1, 0.15) is 5.75 Å². The summed E-state index contributed by atoms with van der Waals surface area (Å²) in [7, 11) is 1.60. The lowest BCUT2D eigenvalue weighted by Crippen LogP contribution is -2.48. The molecular weight excluding hydrogens is 396 g/mol. The number of nitrogens with zero attached hydrogens (tertiary/aromatic N) is 3. The summed E-state index contributed by atoms with van der Waals surface area (Å²) < 4.78 is 6.46. The topological polar surface area (TPSA) is 57.7 Å². The highest BCUT2D eigenvalue weighted by molar-refractivity contribution is 7.22. The Bertz CT molecular complexity index is 1010. The lowest BCUT2D eigenvalue weighted by Gasteiger charge is -2.34. The second kappa shape index (κ2) is 9.45. The lowest BCUT2D eigenvalue weighted by molar-refractivity contribution is 0.0947. The third kappa shape index (κ3) is 4.74. The second-order valence-corrected chi connectivity index (χ2v) is 8.48. The molecule has 4 rings (SSSR count). The maximum absolute atomic E-state index is 12.3. The van der Waals surface area contributed by atoms with Gasteiger partial charge in [-0.2, -0.15) is 0 Å². The molecule has 30 heavy (non-hydrogen) atoms. The molecule has 2 heterocycles. The molecule has 1 amide bonds. The van der Waals surface area contributed by atoms with Crippen LogP contribution in [0.3, 0.4) is 0 Å². The molecule has 1 saturated heterocycles. The second-order valence-electron chi connectivity index (χ2n) is 7.47. The van der Waals surface area contributed by atoms with Crippen LogP contribution in [0.4, 0.5) is 5.13 Å². The number of thiazole rings is 1. The summed E-state index contributed by atoms with van der Waals surface area (Å²) in [6.07, 6.45) is 1.05. The number of anilines is 1. The minimum atomic E-state index is -0.0616. The maximum atomic E-state index is 12.3. The van der Waals surface area contributed by atoms with E-state index in [4.69, 9.17) is 9.72 Å². The van der Waals surface area contributed by atoms with Gasteiger partial charge in [-0.3, -0.25) is 9.69 Å². The number of ether oxygens (including phenoxy) is 1. The van der Waals surface area contributed by atoms with E-state index in [1.165, 1.54) is 10.3 Å². The van der Waals surface area contributed by atoms with Gasteiger partial charge in [-0.05, 0) is 42.3 Å². The van der Waals surface area contributed by atoms with Gasteiger partial charge in [0, 0.05) is 44.8 Å². The number of hydrogen-bond donors (Lipinski definition) is 1. The van der Waals surface area contributed by atoms with Gasteiger partial charge in [0.05, 0.1) is 17.3 Å². The van der Waals surface area contributed by atoms with Crippen molar-refractivity contribution in [1.29, 1.82) is 0 Å². The SMILES string of the molecule is CCc1ccc2nc(N3CCN(CCNC(=O)c4cccc(OC)c4)CC3)sc2c1. The third-order valence-electron chi connectivity index (χ3n) is 5.54. The number of benzene rings is 2. The van der Waals surface area contributed by atoms with Gasteiger partial charge in [0.15, 0.2) is 5.13 Å². The Hall–Kier alpha value is -2.64. The average Bonchev–Trinajstić information content (AvgIpc) is 3.22. The van der Waals surface area contributed by atoms with E-state index in [2.05, 4.69) is 40.2 Å². The molecule has 1 aliphatic heterocycles. The molecular formula is C23H28N4O2S. The van der Waals surface area contributed by atoms with Crippen molar-refractivity contribution in [2.24, 2.45) is 0 Å². The normalized spacial score (nSPS) is 14.8. The number of rotatable bonds is 7. The molecule has 0 unspecified atom stereocenters. The molecule has 3 aromatic rings. The minimum absolute atomic E-state index is 0.0616. The Morgan fingerprint density at radius 1 is 1.17 bits per heavy atom. The van der Waals surface area contributed by atoms with Gasteiger partial charge in [-0.15, -0.1) is 0 Å². The molecule has 6 nitrogen and oxygen atoms in total. The zero-order valence-electron chi connectivity index (χ0n) is 17.6. The zero-order chi connectivity index (χ0) is 20.9. The molecule has 1 aromatic heterocycles. The number of aryl methyl sites for hydroxylation is 1. The predicted molar refractivity (Wildman–Crippen MR) is 123 cm³/mol. The Labute approximate surface area is 181 Å². The summed E-state index contributed by atoms with van der Waals surface area (Å²) in [4.78, 5) is 21.9. The number of carbonyl (C=O) groups is 1. The molecule has 1 N–H and O–H groups in total. The van der Waals surface area contributed by atoms with Gasteiger partial charge in [0.25, 0.3) is 5.91 Å². The van der Waals surface area contributed by atoms with E-state index in [1.54, 1.807) is 30.6 Å². The Morgan fingerprint density at radius 3 is 2.77 bits per heavy atom. The number of fused-ring (bicyclic) bond motifs is 1. The molecule has 158 valence electrons. The van der Waals surface area contributed by atoms with Crippen molar-refractivity contribution in [3.05, 3.63) is 53.6 Å². The van der Waals surface area contributed by atoms with E-state index >= 15 is 0 Å². The van der Waals surface area contributed by atoms with Crippen LogP contribution in [0.5, 0.6) is 5.75 Å². The number of nitrogens with one attached hydrogen (secondary N) is 1. The van der Waals surface area contributed by atoms with Crippen molar-refractivity contribution in [3.63, 3.8) is 0 Å². The molecule has 0 spiro atoms. The van der Waals surface area contributed by atoms with E-state index < -0.39 is 0 Å². The first-order valence-corrected chi connectivity index (χ1v) is 11.3. The number of hydrogen-bond acceptors (Lipinski definition) is 6. The molecule has 0 atom stereocenters. The van der Waals surface area contributed by atoms with Gasteiger partial charge < -0.3 is 15.0 Å². The minimum Gasteiger partial charge on any atom is -0.497 e. The van der Waals surface area contributed by atoms with Crippen molar-refractivity contribution in [2.75, 3.05) is 51.3 Å². The first kappa shape index (κ1) is 20.6. The van der Waals surface area contributed by atoms with Crippen molar-refractivity contribution < 1.29 is 9.53 Å². The Kier molecular flexibility index (Phi) is 6.50. The fraction of sp³-hybridized carbons (Fsp3) is 0.391. The predicted octanol–water partition coefficient (Wildman–Crippen LogP) is 3.42. The lowest BCUT2D eigenvalue weighted by atomic mass is 10.2. The van der Waals surface area contributed by atoms with Crippen molar-refractivity contribution in [3.8, 4) is 5.75 Å². The standard InChI is InChI=1S/C23H28N4O2S/c1-3-17-7-8-20-21(15-17)30-23(25-20)27-13-11-26(12-14-27)10-9-24-22(28)18-5-4-6-19(16-18)29-2/h4-8,15-16H,3,9-14H2,1-2H3,(H,24,28). The summed E-state index contributed by atoms with van der Waals surface area (Å²) in [5, 5.41) is 4.12. The molecule has 1 fully saturated rings. The monoisotopic (exact) mass is 424 g/mol. The highest BCUT2D eigenvalue weighted by atomic mass is 32.1. The summed E-state index contributed by atoms with van der Waals surface area (Å²) in [5.41, 5.74) is 3.08. The van der Waals surface area contributed by atoms with Crippen molar-refractivity contribution in [1.82, 2.24) is 15.2 Å². The Morgan fingerprint density at radius 2 is 2.00 bits per heavy atom. The van der Waals surface area contributed by atoms with Crippen LogP contribution in [0.1, 0.15) is 22.8 Å². The van der Waals surface area contributed by atoms with Crippen LogP contribution in [-0.2, 0) is 6.42 Å². The number of carbonyl (C=O) groups excluding carboxylic acids is 1. The van der Waals surface area contributed by atoms with Crippen LogP contribution in [0.15, 0.2) is 42.5 Å². The van der Waals surface area contributed by atoms with Crippen LogP contribution in [0, 0.1) is 0 Å². The van der Waals surface area contributed by atoms with E-state index in [1.807, 2.05) is 12.1 Å². The summed E-state index contributed by atoms with van der Waals surface area (Å²) >= 11 is 1.79. The third-order valence-corrected chi connectivity index (χ3v) is 6.62. The number of methoxy groups -OCH3 is 1. The molecule has 1 aliphatic rings. The van der Waals surface area contributed by atoms with Gasteiger partial charge in [0.2, 0.25) is 0 Å². The molecule has 0 radical (unpaired) electrons. The number of piperazine rings is 1. The Balaban J connectivity index is 1.25. The first-order valence-electron chi connectivity index (χ1n) is 10.5. The average molecular weight is 425 g/mol. The van der Waals surface area contributed by atoms with Crippen LogP contribution in [-0.4, -0.2) is 62.2 Å². The van der Waals surface area contributed by atoms with Gasteiger partial charge in [-0.1, -0.05) is 30.4 Å². The summed E-state index contributed by atoms with van der Waals surface area (Å²) in [6, 6.07) is 13.8. The van der Waals surface area contributed by atoms with Crippen LogP contribution >= 0.6 is 11.3 Å². The molecule has 7 heteroatoms. The molecule has 2 aromatic carbocycles. The van der Waals surface area contributed by atoms with Crippen molar-refractivity contribution >= 4 is 32.6 Å². The number of aromatic nitrogens is 1. The van der Waals surface area contributed by atoms with Crippen LogP contribution < -0.4 is 15.0 Å². The largest absolute Gasteiger partial charge is 0.497 e. The van der Waals surface area contributed by atoms with Crippen molar-refractivity contribution in [2.45, 2.75) is 13.3 Å². The fourth-order valence-corrected chi connectivity index (χ4v) is 4.75. The van der Waals surface area contributed by atoms with E-state index in [-0.39, 0.29) is 5.91 Å². The smallest absolute Gasteiger partial charge is 0.251 e. The molecule has 0 saturated carbocycles. The maximum Gasteiger partial charge on any atom is 0.251 e. The fourth-order valence-electron chi connectivity index (χ4n) is 3.67. The van der Waals surface area contributed by atoms with Gasteiger partial charge >= 0.3 is 0 Å². The summed E-state index contributed by atoms with van der Waals surface area (Å²) in [5.74, 6) is 0.632. The highest BCUT2D eigenvalue weighted by Gasteiger charge is 2.20. The molecule has 0 bridgehead atoms. The quantitative estimate of drug-likeness (QED) is 0.630. The highest BCUT2D eigenvalue weighted by Crippen LogP contribution is 2.30.